The minimum Gasteiger partial charge on any atom is -0.506 e. The maximum Gasteiger partial charge on any atom is 0.397 e. The summed E-state index contributed by atoms with van der Waals surface area (Å²) in [6.45, 7) is 6.72. The highest BCUT2D eigenvalue weighted by molar-refractivity contribution is 6.43. The van der Waals surface area contributed by atoms with Gasteiger partial charge in [0.2, 0.25) is 0 Å². The van der Waals surface area contributed by atoms with E-state index in [0.29, 0.717) is 28.3 Å². The Morgan fingerprint density at radius 3 is 2.21 bits per heavy atom. The number of hydrogen-bond donors (Lipinski definition) is 3. The van der Waals surface area contributed by atoms with E-state index in [2.05, 4.69) is 10.6 Å². The van der Waals surface area contributed by atoms with Crippen molar-refractivity contribution in [3.63, 3.8) is 0 Å². The van der Waals surface area contributed by atoms with E-state index >= 15 is 0 Å². The van der Waals surface area contributed by atoms with Gasteiger partial charge in [-0.1, -0.05) is 34.8 Å². The molecule has 3 aromatic carbocycles. The van der Waals surface area contributed by atoms with Crippen molar-refractivity contribution in [2.75, 3.05) is 17.2 Å². The maximum absolute atomic E-state index is 12.8. The molecule has 0 fully saturated rings. The van der Waals surface area contributed by atoms with E-state index in [1.165, 1.54) is 37.3 Å². The van der Waals surface area contributed by atoms with Crippen LogP contribution in [0, 0.1) is 13.8 Å². The highest BCUT2D eigenvalue weighted by Gasteiger charge is 2.20. The Kier molecular flexibility index (Phi) is 9.91. The molecule has 39 heavy (non-hydrogen) atoms. The fraction of sp³-hybridized carbons (Fsp3) is 0.222. The van der Waals surface area contributed by atoms with Crippen LogP contribution < -0.4 is 20.1 Å². The average Bonchev–Trinajstić information content (AvgIpc) is 2.86. The smallest absolute Gasteiger partial charge is 0.397 e. The van der Waals surface area contributed by atoms with Crippen LogP contribution in [0.15, 0.2) is 42.5 Å². The van der Waals surface area contributed by atoms with Crippen molar-refractivity contribution in [3.8, 4) is 23.0 Å². The molecule has 0 saturated carbocycles. The van der Waals surface area contributed by atoms with E-state index in [1.54, 1.807) is 32.9 Å². The first-order chi connectivity index (χ1) is 18.4. The molecule has 1 unspecified atom stereocenters. The van der Waals surface area contributed by atoms with Gasteiger partial charge in [-0.3, -0.25) is 9.59 Å². The van der Waals surface area contributed by atoms with Crippen molar-refractivity contribution in [2.24, 2.45) is 0 Å². The largest absolute Gasteiger partial charge is 0.506 e. The van der Waals surface area contributed by atoms with Gasteiger partial charge in [0.05, 0.1) is 27.4 Å². The Morgan fingerprint density at radius 1 is 0.923 bits per heavy atom. The van der Waals surface area contributed by atoms with Gasteiger partial charge < -0.3 is 30.0 Å². The molecular weight excluding hydrogens is 571 g/mol. The second-order valence-electron chi connectivity index (χ2n) is 8.34. The van der Waals surface area contributed by atoms with Crippen molar-refractivity contribution >= 4 is 64.0 Å². The molecule has 0 aromatic heterocycles. The monoisotopic (exact) mass is 594 g/mol. The normalized spacial score (nSPS) is 11.4. The first kappa shape index (κ1) is 29.9. The molecule has 0 radical (unpaired) electrons. The molecule has 0 aliphatic rings. The molecule has 0 aliphatic carbocycles. The summed E-state index contributed by atoms with van der Waals surface area (Å²) in [6, 6.07) is 10.4. The Labute approximate surface area is 239 Å². The number of hydrogen-bond acceptors (Lipinski definition) is 7. The Balaban J connectivity index is 1.73. The van der Waals surface area contributed by atoms with Gasteiger partial charge in [0.25, 0.3) is 5.91 Å². The van der Waals surface area contributed by atoms with Gasteiger partial charge in [0.1, 0.15) is 23.0 Å². The van der Waals surface area contributed by atoms with Crippen molar-refractivity contribution in [3.05, 3.63) is 68.7 Å². The zero-order chi connectivity index (χ0) is 28.9. The second kappa shape index (κ2) is 12.9. The third-order valence-electron chi connectivity index (χ3n) is 5.27. The molecule has 12 heteroatoms. The van der Waals surface area contributed by atoms with E-state index in [-0.39, 0.29) is 38.9 Å². The molecular formula is C27H25Cl3N2O7. The molecule has 9 nitrogen and oxygen atoms in total. The van der Waals surface area contributed by atoms with Crippen LogP contribution in [0.25, 0.3) is 0 Å². The Morgan fingerprint density at radius 2 is 1.56 bits per heavy atom. The number of nitrogens with one attached hydrogen (secondary N) is 2. The lowest BCUT2D eigenvalue weighted by molar-refractivity contribution is -0.152. The summed E-state index contributed by atoms with van der Waals surface area (Å²) in [5.74, 6) is -1.66. The number of rotatable bonds is 8. The number of aryl methyl sites for hydroxylation is 2. The average molecular weight is 596 g/mol. The number of carbonyl (C=O) groups excluding carboxylic acids is 3. The lowest BCUT2D eigenvalue weighted by atomic mass is 10.1. The van der Waals surface area contributed by atoms with Crippen molar-refractivity contribution in [1.29, 1.82) is 0 Å². The van der Waals surface area contributed by atoms with Crippen molar-refractivity contribution in [2.45, 2.75) is 33.8 Å². The molecule has 0 spiro atoms. The number of phenolic OH excluding ortho intramolecular Hbond substituents is 1. The lowest BCUT2D eigenvalue weighted by Crippen LogP contribution is -2.30. The fourth-order valence-corrected chi connectivity index (χ4v) is 4.01. The standard InChI is InChI=1S/C27H25Cl3N2O7/c1-5-37-27(36)26(35)31-16-8-13(2)24(14(3)9-16)39-17-6-7-22(33)21(10-17)32-25(34)15(4)38-23-12-19(29)18(28)11-20(23)30/h6-12,15,33H,5H2,1-4H3,(H,31,35)(H,32,34). The highest BCUT2D eigenvalue weighted by atomic mass is 35.5. The van der Waals surface area contributed by atoms with Crippen LogP contribution in [-0.2, 0) is 19.1 Å². The predicted molar refractivity (Wildman–Crippen MR) is 150 cm³/mol. The number of halogens is 3. The summed E-state index contributed by atoms with van der Waals surface area (Å²) >= 11 is 18.1. The van der Waals surface area contributed by atoms with Crippen LogP contribution >= 0.6 is 34.8 Å². The first-order valence-electron chi connectivity index (χ1n) is 11.6. The quantitative estimate of drug-likeness (QED) is 0.115. The van der Waals surface area contributed by atoms with Gasteiger partial charge in [0.15, 0.2) is 6.10 Å². The minimum absolute atomic E-state index is 0.0850. The lowest BCUT2D eigenvalue weighted by Gasteiger charge is -2.18. The van der Waals surface area contributed by atoms with Crippen LogP contribution in [-0.4, -0.2) is 35.6 Å². The maximum atomic E-state index is 12.8. The number of benzene rings is 3. The van der Waals surface area contributed by atoms with Gasteiger partial charge in [-0.2, -0.15) is 0 Å². The molecule has 0 heterocycles. The van der Waals surface area contributed by atoms with Crippen LogP contribution in [0.3, 0.4) is 0 Å². The molecule has 0 aliphatic heterocycles. The fourth-order valence-electron chi connectivity index (χ4n) is 3.43. The highest BCUT2D eigenvalue weighted by Crippen LogP contribution is 2.36. The third-order valence-corrected chi connectivity index (χ3v) is 6.29. The number of phenols is 1. The van der Waals surface area contributed by atoms with E-state index in [4.69, 9.17) is 49.0 Å². The summed E-state index contributed by atoms with van der Waals surface area (Å²) < 4.78 is 16.3. The molecule has 206 valence electrons. The number of ether oxygens (including phenoxy) is 3. The summed E-state index contributed by atoms with van der Waals surface area (Å²) in [5.41, 5.74) is 1.80. The van der Waals surface area contributed by atoms with Crippen LogP contribution in [0.1, 0.15) is 25.0 Å². The zero-order valence-electron chi connectivity index (χ0n) is 21.4. The van der Waals surface area contributed by atoms with Crippen molar-refractivity contribution in [1.82, 2.24) is 0 Å². The van der Waals surface area contributed by atoms with Gasteiger partial charge in [-0.05, 0) is 69.2 Å². The van der Waals surface area contributed by atoms with Crippen molar-refractivity contribution < 1.29 is 33.7 Å². The zero-order valence-corrected chi connectivity index (χ0v) is 23.6. The number of esters is 1. The Bertz CT molecular complexity index is 1410. The topological polar surface area (TPSA) is 123 Å². The van der Waals surface area contributed by atoms with E-state index < -0.39 is 23.9 Å². The number of anilines is 2. The Hall–Kier alpha value is -3.66. The summed E-state index contributed by atoms with van der Waals surface area (Å²) in [7, 11) is 0. The van der Waals surface area contributed by atoms with Crippen LogP contribution in [0.5, 0.6) is 23.0 Å². The molecule has 3 rings (SSSR count). The SMILES string of the molecule is CCOC(=O)C(=O)Nc1cc(C)c(Oc2ccc(O)c(NC(=O)C(C)Oc3cc(Cl)c(Cl)cc3Cl)c2)c(C)c1. The number of carbonyl (C=O) groups is 3. The summed E-state index contributed by atoms with van der Waals surface area (Å²) in [5, 5.41) is 16.0. The summed E-state index contributed by atoms with van der Waals surface area (Å²) in [4.78, 5) is 36.3. The molecule has 3 N–H and O–H groups in total. The predicted octanol–water partition coefficient (Wildman–Crippen LogP) is 6.67. The van der Waals surface area contributed by atoms with E-state index in [0.717, 1.165) is 0 Å². The number of aromatic hydroxyl groups is 1. The molecule has 0 bridgehead atoms. The molecule has 2 amide bonds. The second-order valence-corrected chi connectivity index (χ2v) is 9.56. The molecule has 0 saturated heterocycles. The van der Waals surface area contributed by atoms with Gasteiger partial charge >= 0.3 is 11.9 Å². The van der Waals surface area contributed by atoms with Gasteiger partial charge in [-0.15, -0.1) is 0 Å². The van der Waals surface area contributed by atoms with E-state index in [1.807, 2.05) is 0 Å². The first-order valence-corrected chi connectivity index (χ1v) is 12.7. The van der Waals surface area contributed by atoms with Crippen LogP contribution in [0.4, 0.5) is 11.4 Å². The van der Waals surface area contributed by atoms with Gasteiger partial charge in [0, 0.05) is 17.8 Å². The molecule has 3 aromatic rings. The molecule has 1 atom stereocenters. The minimum atomic E-state index is -1.01. The van der Waals surface area contributed by atoms with Gasteiger partial charge in [-0.25, -0.2) is 4.79 Å². The van der Waals surface area contributed by atoms with E-state index in [9.17, 15) is 19.5 Å². The van der Waals surface area contributed by atoms with Crippen LogP contribution in [0.2, 0.25) is 15.1 Å². The summed E-state index contributed by atoms with van der Waals surface area (Å²) in [6.07, 6.45) is -1.01. The number of amides is 2. The third kappa shape index (κ3) is 7.69.